The van der Waals surface area contributed by atoms with E-state index in [9.17, 15) is 9.59 Å². The van der Waals surface area contributed by atoms with E-state index < -0.39 is 0 Å². The summed E-state index contributed by atoms with van der Waals surface area (Å²) < 4.78 is 6.02. The zero-order valence-electron chi connectivity index (χ0n) is 19.2. The predicted molar refractivity (Wildman–Crippen MR) is 141 cm³/mol. The summed E-state index contributed by atoms with van der Waals surface area (Å²) in [5, 5.41) is 3.40. The fourth-order valence-corrected chi connectivity index (χ4v) is 4.44. The van der Waals surface area contributed by atoms with Crippen molar-refractivity contribution in [3.63, 3.8) is 0 Å². The summed E-state index contributed by atoms with van der Waals surface area (Å²) in [6, 6.07) is 16.5. The number of carbonyl (C=O) groups excluding carboxylic acids is 2. The molecule has 0 saturated carbocycles. The minimum absolute atomic E-state index is 0. The smallest absolute Gasteiger partial charge is 0.256 e. The Morgan fingerprint density at radius 1 is 1.06 bits per heavy atom. The van der Waals surface area contributed by atoms with Gasteiger partial charge in [-0.25, -0.2) is 0 Å². The number of anilines is 1. The van der Waals surface area contributed by atoms with Gasteiger partial charge in [-0.1, -0.05) is 23.7 Å². The summed E-state index contributed by atoms with van der Waals surface area (Å²) in [5.41, 5.74) is 3.45. The van der Waals surface area contributed by atoms with Gasteiger partial charge in [0.05, 0.1) is 5.57 Å². The van der Waals surface area contributed by atoms with Gasteiger partial charge in [-0.05, 0) is 68.6 Å². The second kappa shape index (κ2) is 11.1. The minimum Gasteiger partial charge on any atom is -0.457 e. The molecule has 2 aliphatic heterocycles. The first-order valence-corrected chi connectivity index (χ1v) is 11.4. The van der Waals surface area contributed by atoms with E-state index in [0.29, 0.717) is 27.7 Å². The fourth-order valence-electron chi connectivity index (χ4n) is 4.27. The molecule has 3 heterocycles. The van der Waals surface area contributed by atoms with E-state index >= 15 is 0 Å². The molecule has 0 radical (unpaired) electrons. The van der Waals surface area contributed by atoms with Crippen molar-refractivity contribution in [3.05, 3.63) is 76.5 Å². The lowest BCUT2D eigenvalue weighted by atomic mass is 10.1. The van der Waals surface area contributed by atoms with Gasteiger partial charge in [-0.3, -0.25) is 9.59 Å². The molecule has 0 atom stereocenters. The van der Waals surface area contributed by atoms with Crippen LogP contribution in [0.4, 0.5) is 5.69 Å². The molecule has 2 aliphatic rings. The van der Waals surface area contributed by atoms with Gasteiger partial charge in [0.2, 0.25) is 0 Å². The number of carbonyl (C=O) groups is 2. The van der Waals surface area contributed by atoms with Crippen molar-refractivity contribution in [1.29, 1.82) is 0 Å². The fraction of sp³-hybridized carbons (Fsp3) is 0.231. The maximum atomic E-state index is 13.1. The zero-order valence-corrected chi connectivity index (χ0v) is 20.8. The van der Waals surface area contributed by atoms with Crippen LogP contribution in [0.25, 0.3) is 23.0 Å². The first-order valence-electron chi connectivity index (χ1n) is 11.0. The van der Waals surface area contributed by atoms with Crippen molar-refractivity contribution in [1.82, 2.24) is 9.80 Å². The minimum atomic E-state index is -0.194. The highest BCUT2D eigenvalue weighted by Gasteiger charge is 2.25. The van der Waals surface area contributed by atoms with Gasteiger partial charge < -0.3 is 25.0 Å². The van der Waals surface area contributed by atoms with E-state index in [1.807, 2.05) is 41.3 Å². The van der Waals surface area contributed by atoms with Crippen LogP contribution in [0.5, 0.6) is 0 Å². The van der Waals surface area contributed by atoms with Crippen molar-refractivity contribution < 1.29 is 19.5 Å². The summed E-state index contributed by atoms with van der Waals surface area (Å²) in [6.07, 6.45) is 2.68. The van der Waals surface area contributed by atoms with Crippen molar-refractivity contribution in [3.8, 4) is 11.3 Å². The van der Waals surface area contributed by atoms with Crippen molar-refractivity contribution in [2.75, 3.05) is 38.5 Å². The Bertz CT molecular complexity index is 1270. The number of halogens is 2. The first-order chi connectivity index (χ1) is 16.0. The number of amides is 2. The van der Waals surface area contributed by atoms with E-state index in [2.05, 4.69) is 17.3 Å². The molecule has 3 N–H and O–H groups in total. The van der Waals surface area contributed by atoms with Gasteiger partial charge in [-0.2, -0.15) is 0 Å². The number of fused-ring (bicyclic) bond motifs is 1. The maximum Gasteiger partial charge on any atom is 0.256 e. The van der Waals surface area contributed by atoms with Crippen LogP contribution in [-0.4, -0.2) is 60.3 Å². The molecule has 1 aromatic heterocycles. The monoisotopic (exact) mass is 515 g/mol. The zero-order chi connectivity index (χ0) is 22.9. The molecule has 9 heteroatoms. The van der Waals surface area contributed by atoms with E-state index in [1.54, 1.807) is 24.3 Å². The number of hydrogen-bond acceptors (Lipinski definition) is 4. The van der Waals surface area contributed by atoms with E-state index in [4.69, 9.17) is 16.0 Å². The van der Waals surface area contributed by atoms with Gasteiger partial charge in [0, 0.05) is 47.0 Å². The third kappa shape index (κ3) is 5.60. The van der Waals surface area contributed by atoms with E-state index in [-0.39, 0.29) is 29.7 Å². The predicted octanol–water partition coefficient (Wildman–Crippen LogP) is 4.47. The van der Waals surface area contributed by atoms with Gasteiger partial charge in [0.25, 0.3) is 11.8 Å². The van der Waals surface area contributed by atoms with Crippen molar-refractivity contribution in [2.24, 2.45) is 0 Å². The van der Waals surface area contributed by atoms with Gasteiger partial charge in [0.1, 0.15) is 11.5 Å². The lowest BCUT2D eigenvalue weighted by Gasteiger charge is -2.20. The Balaban J connectivity index is 0.00000171. The summed E-state index contributed by atoms with van der Waals surface area (Å²) in [7, 11) is 2.08. The van der Waals surface area contributed by atoms with Gasteiger partial charge in [0.15, 0.2) is 0 Å². The maximum absolute atomic E-state index is 13.1. The molecule has 7 nitrogen and oxygen atoms in total. The summed E-state index contributed by atoms with van der Waals surface area (Å²) >= 11 is 6.11. The van der Waals surface area contributed by atoms with Crippen molar-refractivity contribution in [2.45, 2.75) is 6.42 Å². The Morgan fingerprint density at radius 3 is 2.71 bits per heavy atom. The molecule has 184 valence electrons. The van der Waals surface area contributed by atoms with Crippen LogP contribution in [0.1, 0.15) is 28.1 Å². The average molecular weight is 516 g/mol. The van der Waals surface area contributed by atoms with E-state index in [0.717, 1.165) is 49.4 Å². The normalized spacial score (nSPS) is 16.7. The van der Waals surface area contributed by atoms with Gasteiger partial charge >= 0.3 is 0 Å². The molecule has 0 unspecified atom stereocenters. The highest BCUT2D eigenvalue weighted by atomic mass is 35.5. The highest BCUT2D eigenvalue weighted by molar-refractivity contribution is 6.36. The molecular formula is C26H27Cl2N3O4. The molecule has 1 fully saturated rings. The topological polar surface area (TPSA) is 97.3 Å². The Hall–Kier alpha value is -3.10. The van der Waals surface area contributed by atoms with Crippen molar-refractivity contribution >= 4 is 53.2 Å². The standard InChI is InChI=1S/C26H24ClN3O3.ClH.H2O/c1-29-10-3-11-30(13-12-29)26(32)18-5-2-4-17(14-18)24-9-7-20(33-24)16-22-21-15-19(27)6-8-23(21)28-25(22)31;;/h2,4-9,14-16H,3,10-13H2,1H3,(H,28,31);1H;1H2. The second-order valence-electron chi connectivity index (χ2n) is 8.43. The number of likely N-dealkylation sites (N-methyl/N-ethyl adjacent to an activating group) is 1. The number of benzene rings is 2. The molecule has 35 heavy (non-hydrogen) atoms. The van der Waals surface area contributed by atoms with Crippen LogP contribution in [0.2, 0.25) is 5.02 Å². The van der Waals surface area contributed by atoms with E-state index in [1.165, 1.54) is 0 Å². The van der Waals surface area contributed by atoms with Crippen LogP contribution < -0.4 is 5.32 Å². The molecule has 0 bridgehead atoms. The third-order valence-electron chi connectivity index (χ3n) is 6.08. The van der Waals surface area contributed by atoms with Crippen LogP contribution in [0, 0.1) is 0 Å². The molecule has 0 aliphatic carbocycles. The Kier molecular flexibility index (Phi) is 8.40. The lowest BCUT2D eigenvalue weighted by molar-refractivity contribution is -0.110. The average Bonchev–Trinajstić information content (AvgIpc) is 3.33. The molecular weight excluding hydrogens is 489 g/mol. The highest BCUT2D eigenvalue weighted by Crippen LogP contribution is 2.35. The molecule has 5 rings (SSSR count). The van der Waals surface area contributed by atoms with Crippen LogP contribution in [0.15, 0.2) is 59.0 Å². The molecule has 2 amide bonds. The Morgan fingerprint density at radius 2 is 1.89 bits per heavy atom. The first kappa shape index (κ1) is 26.5. The largest absolute Gasteiger partial charge is 0.457 e. The molecule has 1 saturated heterocycles. The molecule has 0 spiro atoms. The number of nitrogens with zero attached hydrogens (tertiary/aromatic N) is 2. The van der Waals surface area contributed by atoms with Gasteiger partial charge in [-0.15, -0.1) is 12.4 Å². The lowest BCUT2D eigenvalue weighted by Crippen LogP contribution is -2.34. The number of rotatable bonds is 3. The van der Waals surface area contributed by atoms with Crippen LogP contribution in [0.3, 0.4) is 0 Å². The van der Waals surface area contributed by atoms with Crippen LogP contribution >= 0.6 is 24.0 Å². The number of hydrogen-bond donors (Lipinski definition) is 1. The van der Waals surface area contributed by atoms with Crippen LogP contribution in [-0.2, 0) is 4.79 Å². The summed E-state index contributed by atoms with van der Waals surface area (Å²) in [4.78, 5) is 29.7. The number of furan rings is 1. The third-order valence-corrected chi connectivity index (χ3v) is 6.31. The quantitative estimate of drug-likeness (QED) is 0.520. The second-order valence-corrected chi connectivity index (χ2v) is 8.87. The molecule has 3 aromatic rings. The molecule has 2 aromatic carbocycles. The Labute approximate surface area is 215 Å². The number of nitrogens with one attached hydrogen (secondary N) is 1. The SMILES string of the molecule is CN1CCCN(C(=O)c2cccc(-c3ccc(C=C4C(=O)Nc5ccc(Cl)cc54)o3)c2)CC1.Cl.O. The summed E-state index contributed by atoms with van der Waals surface area (Å²) in [5.74, 6) is 1.03. The summed E-state index contributed by atoms with van der Waals surface area (Å²) in [6.45, 7) is 3.37.